The summed E-state index contributed by atoms with van der Waals surface area (Å²) in [6.45, 7) is 1.91. The van der Waals surface area contributed by atoms with Crippen molar-refractivity contribution in [3.63, 3.8) is 0 Å². The standard InChI is InChI=1S/C19H19Cl2N3O2/c20-15-1-2-17(21)16(11-15)18(25)23-12-13-5-9-24(10-6-13)19(26)14-3-7-22-8-4-14/h1-4,7-8,11,13H,5-6,9-10,12H2,(H,23,25). The van der Waals surface area contributed by atoms with Crippen molar-refractivity contribution in [2.75, 3.05) is 19.6 Å². The summed E-state index contributed by atoms with van der Waals surface area (Å²) in [4.78, 5) is 30.5. The Balaban J connectivity index is 1.49. The van der Waals surface area contributed by atoms with Crippen LogP contribution < -0.4 is 5.32 Å². The van der Waals surface area contributed by atoms with Crippen molar-refractivity contribution in [1.29, 1.82) is 0 Å². The topological polar surface area (TPSA) is 62.3 Å². The number of nitrogens with one attached hydrogen (secondary N) is 1. The average Bonchev–Trinajstić information content (AvgIpc) is 2.68. The number of hydrogen-bond acceptors (Lipinski definition) is 3. The van der Waals surface area contributed by atoms with Gasteiger partial charge >= 0.3 is 0 Å². The molecule has 7 heteroatoms. The van der Waals surface area contributed by atoms with Crippen LogP contribution in [0.2, 0.25) is 10.0 Å². The van der Waals surface area contributed by atoms with E-state index in [1.807, 2.05) is 4.90 Å². The largest absolute Gasteiger partial charge is 0.352 e. The Morgan fingerprint density at radius 2 is 1.81 bits per heavy atom. The number of hydrogen-bond donors (Lipinski definition) is 1. The van der Waals surface area contributed by atoms with Gasteiger partial charge in [0, 0.05) is 42.6 Å². The van der Waals surface area contributed by atoms with Crippen LogP contribution in [0.15, 0.2) is 42.7 Å². The highest BCUT2D eigenvalue weighted by atomic mass is 35.5. The quantitative estimate of drug-likeness (QED) is 0.864. The summed E-state index contributed by atoms with van der Waals surface area (Å²) in [5.41, 5.74) is 1.03. The third kappa shape index (κ3) is 4.54. The van der Waals surface area contributed by atoms with Crippen LogP contribution in [0.25, 0.3) is 0 Å². The molecule has 0 bridgehead atoms. The zero-order valence-corrected chi connectivity index (χ0v) is 15.6. The van der Waals surface area contributed by atoms with Crippen LogP contribution in [0.4, 0.5) is 0 Å². The summed E-state index contributed by atoms with van der Waals surface area (Å²) < 4.78 is 0. The summed E-state index contributed by atoms with van der Waals surface area (Å²) in [5, 5.41) is 3.77. The molecular formula is C19H19Cl2N3O2. The maximum absolute atomic E-state index is 12.4. The van der Waals surface area contributed by atoms with Gasteiger partial charge in [-0.15, -0.1) is 0 Å². The minimum Gasteiger partial charge on any atom is -0.352 e. The molecule has 1 aliphatic rings. The molecule has 0 aliphatic carbocycles. The number of amides is 2. The van der Waals surface area contributed by atoms with Crippen molar-refractivity contribution < 1.29 is 9.59 Å². The van der Waals surface area contributed by atoms with Crippen molar-refractivity contribution in [2.24, 2.45) is 5.92 Å². The van der Waals surface area contributed by atoms with Crippen molar-refractivity contribution in [3.05, 3.63) is 63.9 Å². The molecule has 0 unspecified atom stereocenters. The molecule has 2 heterocycles. The smallest absolute Gasteiger partial charge is 0.253 e. The van der Waals surface area contributed by atoms with Gasteiger partial charge in [-0.05, 0) is 49.1 Å². The van der Waals surface area contributed by atoms with Gasteiger partial charge in [-0.2, -0.15) is 0 Å². The molecule has 0 radical (unpaired) electrons. The Morgan fingerprint density at radius 1 is 1.12 bits per heavy atom. The summed E-state index contributed by atoms with van der Waals surface area (Å²) >= 11 is 12.0. The van der Waals surface area contributed by atoms with Crippen molar-refractivity contribution in [2.45, 2.75) is 12.8 Å². The number of nitrogens with zero attached hydrogens (tertiary/aromatic N) is 2. The maximum Gasteiger partial charge on any atom is 0.253 e. The fourth-order valence-corrected chi connectivity index (χ4v) is 3.40. The number of aromatic nitrogens is 1. The number of carbonyl (C=O) groups is 2. The van der Waals surface area contributed by atoms with Gasteiger partial charge in [0.1, 0.15) is 0 Å². The molecule has 0 saturated carbocycles. The highest BCUT2D eigenvalue weighted by molar-refractivity contribution is 6.35. The second-order valence-corrected chi connectivity index (χ2v) is 7.15. The Morgan fingerprint density at radius 3 is 2.50 bits per heavy atom. The second kappa shape index (κ2) is 8.52. The SMILES string of the molecule is O=C(NCC1CCN(C(=O)c2ccncc2)CC1)c1cc(Cl)ccc1Cl. The zero-order chi connectivity index (χ0) is 18.5. The summed E-state index contributed by atoms with van der Waals surface area (Å²) in [6, 6.07) is 8.28. The molecule has 2 aromatic rings. The highest BCUT2D eigenvalue weighted by Crippen LogP contribution is 2.22. The lowest BCUT2D eigenvalue weighted by Crippen LogP contribution is -2.41. The fourth-order valence-electron chi connectivity index (χ4n) is 3.02. The van der Waals surface area contributed by atoms with Crippen LogP contribution >= 0.6 is 23.2 Å². The van der Waals surface area contributed by atoms with Gasteiger partial charge in [-0.1, -0.05) is 23.2 Å². The molecule has 1 fully saturated rings. The van der Waals surface area contributed by atoms with E-state index < -0.39 is 0 Å². The lowest BCUT2D eigenvalue weighted by molar-refractivity contribution is 0.0684. The van der Waals surface area contributed by atoms with E-state index >= 15 is 0 Å². The van der Waals surface area contributed by atoms with Gasteiger partial charge in [0.2, 0.25) is 0 Å². The summed E-state index contributed by atoms with van der Waals surface area (Å²) in [6.07, 6.45) is 4.94. The van der Waals surface area contributed by atoms with Crippen molar-refractivity contribution in [1.82, 2.24) is 15.2 Å². The first kappa shape index (κ1) is 18.7. The molecule has 2 amide bonds. The molecule has 0 atom stereocenters. The Hall–Kier alpha value is -2.11. The first-order valence-electron chi connectivity index (χ1n) is 8.47. The normalized spacial score (nSPS) is 14.9. The second-order valence-electron chi connectivity index (χ2n) is 6.31. The van der Waals surface area contributed by atoms with Gasteiger partial charge in [0.15, 0.2) is 0 Å². The zero-order valence-electron chi connectivity index (χ0n) is 14.1. The van der Waals surface area contributed by atoms with E-state index in [9.17, 15) is 9.59 Å². The number of likely N-dealkylation sites (tertiary alicyclic amines) is 1. The third-order valence-corrected chi connectivity index (χ3v) is 5.12. The monoisotopic (exact) mass is 391 g/mol. The van der Waals surface area contributed by atoms with Crippen molar-refractivity contribution in [3.8, 4) is 0 Å². The van der Waals surface area contributed by atoms with Crippen LogP contribution in [0.1, 0.15) is 33.6 Å². The average molecular weight is 392 g/mol. The summed E-state index contributed by atoms with van der Waals surface area (Å²) in [7, 11) is 0. The van der Waals surface area contributed by atoms with Crippen LogP contribution in [0.3, 0.4) is 0 Å². The third-order valence-electron chi connectivity index (χ3n) is 4.55. The lowest BCUT2D eigenvalue weighted by Gasteiger charge is -2.32. The molecule has 26 heavy (non-hydrogen) atoms. The number of carbonyl (C=O) groups excluding carboxylic acids is 2. The maximum atomic E-state index is 12.4. The molecule has 1 N–H and O–H groups in total. The molecule has 136 valence electrons. The van der Waals surface area contributed by atoms with E-state index in [-0.39, 0.29) is 11.8 Å². The number of piperidine rings is 1. The molecule has 0 spiro atoms. The number of halogens is 2. The minimum atomic E-state index is -0.229. The van der Waals surface area contributed by atoms with E-state index in [0.717, 1.165) is 12.8 Å². The Labute approximate surface area is 162 Å². The molecule has 1 aromatic heterocycles. The first-order chi connectivity index (χ1) is 12.5. The van der Waals surface area contributed by atoms with Crippen molar-refractivity contribution >= 4 is 35.0 Å². The predicted molar refractivity (Wildman–Crippen MR) is 102 cm³/mol. The van der Waals surface area contributed by atoms with Gasteiger partial charge in [-0.3, -0.25) is 14.6 Å². The van der Waals surface area contributed by atoms with Crippen LogP contribution in [0.5, 0.6) is 0 Å². The predicted octanol–water partition coefficient (Wildman–Crippen LogP) is 3.67. The number of pyridine rings is 1. The van der Waals surface area contributed by atoms with E-state index in [1.54, 1.807) is 42.7 Å². The molecule has 1 aliphatic heterocycles. The van der Waals surface area contributed by atoms with E-state index in [4.69, 9.17) is 23.2 Å². The molecular weight excluding hydrogens is 373 g/mol. The molecule has 3 rings (SSSR count). The fraction of sp³-hybridized carbons (Fsp3) is 0.316. The minimum absolute atomic E-state index is 0.0283. The van der Waals surface area contributed by atoms with Crippen LogP contribution in [0, 0.1) is 5.92 Å². The number of rotatable bonds is 4. The van der Waals surface area contributed by atoms with Gasteiger partial charge in [0.25, 0.3) is 11.8 Å². The van der Waals surface area contributed by atoms with Crippen LogP contribution in [-0.4, -0.2) is 41.3 Å². The van der Waals surface area contributed by atoms with Crippen LogP contribution in [-0.2, 0) is 0 Å². The molecule has 1 saturated heterocycles. The number of benzene rings is 1. The summed E-state index contributed by atoms with van der Waals surface area (Å²) in [5.74, 6) is 0.131. The highest BCUT2D eigenvalue weighted by Gasteiger charge is 2.24. The van der Waals surface area contributed by atoms with E-state index in [1.165, 1.54) is 0 Å². The first-order valence-corrected chi connectivity index (χ1v) is 9.22. The van der Waals surface area contributed by atoms with Gasteiger partial charge in [-0.25, -0.2) is 0 Å². The Kier molecular flexibility index (Phi) is 6.12. The van der Waals surface area contributed by atoms with Gasteiger partial charge in [0.05, 0.1) is 10.6 Å². The van der Waals surface area contributed by atoms with Gasteiger partial charge < -0.3 is 10.2 Å². The lowest BCUT2D eigenvalue weighted by atomic mass is 9.96. The van der Waals surface area contributed by atoms with E-state index in [0.29, 0.717) is 46.7 Å². The van der Waals surface area contributed by atoms with E-state index in [2.05, 4.69) is 10.3 Å². The molecule has 1 aromatic carbocycles. The molecule has 5 nitrogen and oxygen atoms in total. The Bertz CT molecular complexity index is 791.